The fourth-order valence-corrected chi connectivity index (χ4v) is 2.04. The van der Waals surface area contributed by atoms with Crippen LogP contribution in [-0.4, -0.2) is 33.7 Å². The number of nitro benzene ring substituents is 1. The molecule has 0 aliphatic rings. The van der Waals surface area contributed by atoms with Crippen molar-refractivity contribution in [3.63, 3.8) is 0 Å². The van der Waals surface area contributed by atoms with Crippen LogP contribution < -0.4 is 10.6 Å². The molecular weight excluding hydrogens is 343 g/mol. The van der Waals surface area contributed by atoms with Crippen molar-refractivity contribution < 1.29 is 22.9 Å². The molecule has 25 heavy (non-hydrogen) atoms. The van der Waals surface area contributed by atoms with Gasteiger partial charge in [-0.05, 0) is 12.1 Å². The summed E-state index contributed by atoms with van der Waals surface area (Å²) in [5.74, 6) is -0.883. The quantitative estimate of drug-likeness (QED) is 0.469. The largest absolute Gasteiger partial charge is 0.435 e. The minimum Gasteiger partial charge on any atom is -0.383 e. The van der Waals surface area contributed by atoms with Crippen LogP contribution in [0.25, 0.3) is 0 Å². The molecule has 0 saturated heterocycles. The first-order chi connectivity index (χ1) is 11.7. The third-order valence-corrected chi connectivity index (χ3v) is 3.16. The highest BCUT2D eigenvalue weighted by Crippen LogP contribution is 2.30. The summed E-state index contributed by atoms with van der Waals surface area (Å²) in [5, 5.41) is 19.0. The summed E-state index contributed by atoms with van der Waals surface area (Å²) in [6, 6.07) is 5.60. The van der Waals surface area contributed by atoms with E-state index in [1.807, 2.05) is 0 Å². The van der Waals surface area contributed by atoms with Crippen LogP contribution in [-0.2, 0) is 13.2 Å². The van der Waals surface area contributed by atoms with E-state index in [0.717, 1.165) is 10.9 Å². The molecule has 11 heteroatoms. The maximum atomic E-state index is 12.8. The molecule has 0 radical (unpaired) electrons. The molecule has 134 valence electrons. The van der Waals surface area contributed by atoms with Crippen molar-refractivity contribution in [1.82, 2.24) is 15.1 Å². The van der Waals surface area contributed by atoms with E-state index >= 15 is 0 Å². The summed E-state index contributed by atoms with van der Waals surface area (Å²) in [7, 11) is 1.29. The smallest absolute Gasteiger partial charge is 0.383 e. The van der Waals surface area contributed by atoms with Gasteiger partial charge < -0.3 is 10.6 Å². The lowest BCUT2D eigenvalue weighted by Crippen LogP contribution is -2.30. The summed E-state index contributed by atoms with van der Waals surface area (Å²) >= 11 is 0. The third-order valence-electron chi connectivity index (χ3n) is 3.16. The third kappa shape index (κ3) is 4.68. The molecule has 2 rings (SSSR count). The number of non-ortho nitro benzene ring substituents is 1. The molecule has 8 nitrogen and oxygen atoms in total. The highest BCUT2D eigenvalue weighted by Gasteiger charge is 2.38. The van der Waals surface area contributed by atoms with Crippen molar-refractivity contribution in [3.05, 3.63) is 51.8 Å². The number of nitro groups is 1. The highest BCUT2D eigenvalue weighted by atomic mass is 19.4. The Morgan fingerprint density at radius 1 is 1.28 bits per heavy atom. The van der Waals surface area contributed by atoms with E-state index in [2.05, 4.69) is 15.7 Å². The minimum absolute atomic E-state index is 0.0576. The first-order valence-corrected chi connectivity index (χ1v) is 7.06. The van der Waals surface area contributed by atoms with Gasteiger partial charge in [0.1, 0.15) is 0 Å². The number of nitrogens with zero attached hydrogens (tertiary/aromatic N) is 3. The van der Waals surface area contributed by atoms with E-state index in [1.54, 1.807) is 0 Å². The molecule has 1 aromatic heterocycles. The summed E-state index contributed by atoms with van der Waals surface area (Å²) < 4.78 is 39.3. The summed E-state index contributed by atoms with van der Waals surface area (Å²) in [6.07, 6.45) is -3.72. The van der Waals surface area contributed by atoms with Crippen molar-refractivity contribution in [3.8, 4) is 0 Å². The van der Waals surface area contributed by atoms with Gasteiger partial charge in [-0.1, -0.05) is 0 Å². The van der Waals surface area contributed by atoms with Crippen LogP contribution >= 0.6 is 0 Å². The molecule has 0 aliphatic carbocycles. The van der Waals surface area contributed by atoms with Gasteiger partial charge in [0.05, 0.1) is 10.5 Å². The van der Waals surface area contributed by atoms with Gasteiger partial charge in [0.25, 0.3) is 11.6 Å². The lowest BCUT2D eigenvalue weighted by Gasteiger charge is -2.09. The van der Waals surface area contributed by atoms with Gasteiger partial charge in [-0.15, -0.1) is 0 Å². The zero-order valence-electron chi connectivity index (χ0n) is 13.0. The van der Waals surface area contributed by atoms with E-state index in [0.29, 0.717) is 5.69 Å². The first-order valence-electron chi connectivity index (χ1n) is 7.06. The number of rotatable bonds is 6. The maximum absolute atomic E-state index is 12.8. The van der Waals surface area contributed by atoms with Crippen molar-refractivity contribution in [2.24, 2.45) is 7.05 Å². The van der Waals surface area contributed by atoms with Crippen molar-refractivity contribution >= 4 is 17.3 Å². The van der Waals surface area contributed by atoms with E-state index in [9.17, 15) is 28.1 Å². The van der Waals surface area contributed by atoms with Gasteiger partial charge in [-0.25, -0.2) is 0 Å². The molecule has 0 atom stereocenters. The molecule has 2 aromatic rings. The maximum Gasteiger partial charge on any atom is 0.435 e. The lowest BCUT2D eigenvalue weighted by atomic mass is 10.2. The van der Waals surface area contributed by atoms with E-state index < -0.39 is 28.3 Å². The predicted molar refractivity (Wildman–Crippen MR) is 82.1 cm³/mol. The van der Waals surface area contributed by atoms with Crippen LogP contribution in [0.15, 0.2) is 30.5 Å². The normalized spacial score (nSPS) is 11.2. The van der Waals surface area contributed by atoms with E-state index in [1.165, 1.54) is 31.3 Å². The van der Waals surface area contributed by atoms with Gasteiger partial charge >= 0.3 is 6.18 Å². The number of aromatic nitrogens is 2. The molecule has 0 spiro atoms. The molecule has 1 amide bonds. The second-order valence-corrected chi connectivity index (χ2v) is 5.05. The number of aryl methyl sites for hydroxylation is 1. The highest BCUT2D eigenvalue weighted by molar-refractivity contribution is 5.95. The Morgan fingerprint density at radius 2 is 1.92 bits per heavy atom. The van der Waals surface area contributed by atoms with Gasteiger partial charge in [-0.2, -0.15) is 18.3 Å². The Bertz CT molecular complexity index is 771. The van der Waals surface area contributed by atoms with Crippen molar-refractivity contribution in [1.29, 1.82) is 0 Å². The fraction of sp³-hybridized carbons (Fsp3) is 0.286. The van der Waals surface area contributed by atoms with Crippen LogP contribution in [0.1, 0.15) is 16.1 Å². The van der Waals surface area contributed by atoms with Gasteiger partial charge in [-0.3, -0.25) is 19.6 Å². The van der Waals surface area contributed by atoms with Crippen LogP contribution in [0.2, 0.25) is 0 Å². The minimum atomic E-state index is -4.72. The number of hydrogen-bond donors (Lipinski definition) is 2. The second kappa shape index (κ2) is 7.20. The Labute approximate surface area is 139 Å². The molecule has 0 fully saturated rings. The van der Waals surface area contributed by atoms with E-state index in [-0.39, 0.29) is 18.8 Å². The summed E-state index contributed by atoms with van der Waals surface area (Å²) in [5.41, 5.74) is -1.27. The molecule has 0 unspecified atom stereocenters. The van der Waals surface area contributed by atoms with Crippen LogP contribution in [0.4, 0.5) is 24.5 Å². The summed E-state index contributed by atoms with van der Waals surface area (Å²) in [4.78, 5) is 21.9. The SMILES string of the molecule is Cn1cc(C(=O)NCCNc2ccc([N+](=O)[O-])cc2)c(C(F)(F)F)n1. The number of nitrogens with one attached hydrogen (secondary N) is 2. The fourth-order valence-electron chi connectivity index (χ4n) is 2.04. The van der Waals surface area contributed by atoms with E-state index in [4.69, 9.17) is 0 Å². The zero-order valence-corrected chi connectivity index (χ0v) is 13.0. The second-order valence-electron chi connectivity index (χ2n) is 5.05. The molecule has 2 N–H and O–H groups in total. The van der Waals surface area contributed by atoms with Crippen LogP contribution in [0.5, 0.6) is 0 Å². The number of alkyl halides is 3. The number of carbonyl (C=O) groups excluding carboxylic acids is 1. The molecule has 0 bridgehead atoms. The Hall–Kier alpha value is -3.11. The molecule has 1 heterocycles. The topological polar surface area (TPSA) is 102 Å². The average Bonchev–Trinajstić information content (AvgIpc) is 2.94. The number of halogens is 3. The Balaban J connectivity index is 1.88. The standard InChI is InChI=1S/C14H14F3N5O3/c1-21-8-11(12(20-21)14(15,16)17)13(23)19-7-6-18-9-2-4-10(5-3-9)22(24)25/h2-5,8,18H,6-7H2,1H3,(H,19,23). The molecule has 0 saturated carbocycles. The lowest BCUT2D eigenvalue weighted by molar-refractivity contribution is -0.384. The molecule has 0 aliphatic heterocycles. The monoisotopic (exact) mass is 357 g/mol. The van der Waals surface area contributed by atoms with Crippen molar-refractivity contribution in [2.45, 2.75) is 6.18 Å². The number of anilines is 1. The van der Waals surface area contributed by atoms with Gasteiger partial charge in [0.2, 0.25) is 0 Å². The Morgan fingerprint density at radius 3 is 2.48 bits per heavy atom. The van der Waals surface area contributed by atoms with Crippen LogP contribution in [0, 0.1) is 10.1 Å². The average molecular weight is 357 g/mol. The summed E-state index contributed by atoms with van der Waals surface area (Å²) in [6.45, 7) is 0.285. The molecular formula is C14H14F3N5O3. The Kier molecular flexibility index (Phi) is 5.25. The number of benzene rings is 1. The van der Waals surface area contributed by atoms with Crippen LogP contribution in [0.3, 0.4) is 0 Å². The predicted octanol–water partition coefficient (Wildman–Crippen LogP) is 2.19. The zero-order chi connectivity index (χ0) is 18.6. The molecule has 1 aromatic carbocycles. The number of hydrogen-bond acceptors (Lipinski definition) is 5. The van der Waals surface area contributed by atoms with Gasteiger partial charge in [0, 0.05) is 44.2 Å². The van der Waals surface area contributed by atoms with Crippen molar-refractivity contribution in [2.75, 3.05) is 18.4 Å². The number of carbonyl (C=O) groups is 1. The van der Waals surface area contributed by atoms with Gasteiger partial charge in [0.15, 0.2) is 5.69 Å². The number of amides is 1. The first kappa shape index (κ1) is 18.2.